The van der Waals surface area contributed by atoms with E-state index in [1.807, 2.05) is 0 Å². The van der Waals surface area contributed by atoms with Crippen molar-refractivity contribution >= 4 is 0 Å². The number of aliphatic hydroxyl groups is 1. The first kappa shape index (κ1) is 8.30. The van der Waals surface area contributed by atoms with Crippen LogP contribution in [0.3, 0.4) is 0 Å². The number of aliphatic hydroxyl groups excluding tert-OH is 1. The standard InChI is InChI=1S/C8H11O3/c1-10-6-4-3-5-7(11-2)8(6)9/h3-6,9H,1-2H3. The normalized spacial score (nSPS) is 25.0. The maximum absolute atomic E-state index is 9.38. The molecule has 1 radical (unpaired) electrons. The van der Waals surface area contributed by atoms with Gasteiger partial charge >= 0.3 is 0 Å². The van der Waals surface area contributed by atoms with Gasteiger partial charge < -0.3 is 14.6 Å². The van der Waals surface area contributed by atoms with Crippen LogP contribution in [0.5, 0.6) is 0 Å². The predicted molar refractivity (Wildman–Crippen MR) is 40.2 cm³/mol. The molecule has 0 aromatic carbocycles. The van der Waals surface area contributed by atoms with Gasteiger partial charge in [0.25, 0.3) is 0 Å². The highest BCUT2D eigenvalue weighted by Gasteiger charge is 2.24. The fraction of sp³-hybridized carbons (Fsp3) is 0.375. The maximum atomic E-state index is 9.38. The molecule has 0 saturated carbocycles. The zero-order valence-electron chi connectivity index (χ0n) is 6.57. The van der Waals surface area contributed by atoms with Crippen LogP contribution < -0.4 is 0 Å². The van der Waals surface area contributed by atoms with Crippen molar-refractivity contribution in [2.75, 3.05) is 14.2 Å². The van der Waals surface area contributed by atoms with E-state index in [1.54, 1.807) is 18.2 Å². The van der Waals surface area contributed by atoms with Gasteiger partial charge in [0.1, 0.15) is 11.9 Å². The van der Waals surface area contributed by atoms with Crippen LogP contribution in [-0.2, 0) is 9.47 Å². The fourth-order valence-electron chi connectivity index (χ4n) is 0.923. The monoisotopic (exact) mass is 155 g/mol. The van der Waals surface area contributed by atoms with Crippen LogP contribution in [0.25, 0.3) is 0 Å². The minimum atomic E-state index is -0.366. The second kappa shape index (κ2) is 3.55. The Balaban J connectivity index is 2.68. The van der Waals surface area contributed by atoms with Crippen molar-refractivity contribution in [3.05, 3.63) is 30.1 Å². The van der Waals surface area contributed by atoms with Crippen LogP contribution in [0.15, 0.2) is 24.0 Å². The summed E-state index contributed by atoms with van der Waals surface area (Å²) in [4.78, 5) is 0. The molecule has 0 spiro atoms. The number of hydrogen-bond acceptors (Lipinski definition) is 3. The van der Waals surface area contributed by atoms with Crippen LogP contribution in [-0.4, -0.2) is 25.4 Å². The molecule has 11 heavy (non-hydrogen) atoms. The molecule has 3 nitrogen and oxygen atoms in total. The van der Waals surface area contributed by atoms with Crippen LogP contribution in [0.2, 0.25) is 0 Å². The maximum Gasteiger partial charge on any atom is 0.190 e. The molecular weight excluding hydrogens is 144 g/mol. The number of rotatable bonds is 2. The average molecular weight is 155 g/mol. The molecule has 0 aromatic rings. The molecule has 1 aliphatic carbocycles. The molecule has 1 aliphatic rings. The molecular formula is C8H11O3. The molecule has 0 saturated heterocycles. The lowest BCUT2D eigenvalue weighted by atomic mass is 10.1. The van der Waals surface area contributed by atoms with Gasteiger partial charge in [-0.05, 0) is 6.08 Å². The van der Waals surface area contributed by atoms with Crippen molar-refractivity contribution in [2.24, 2.45) is 0 Å². The first-order valence-corrected chi connectivity index (χ1v) is 3.31. The number of methoxy groups -OCH3 is 2. The topological polar surface area (TPSA) is 38.7 Å². The van der Waals surface area contributed by atoms with Gasteiger partial charge in [-0.3, -0.25) is 0 Å². The lowest BCUT2D eigenvalue weighted by molar-refractivity contribution is 0.0703. The molecule has 1 atom stereocenters. The van der Waals surface area contributed by atoms with Crippen LogP contribution in [0.4, 0.5) is 0 Å². The molecule has 1 unspecified atom stereocenters. The Kier molecular flexibility index (Phi) is 2.68. The first-order chi connectivity index (χ1) is 5.29. The van der Waals surface area contributed by atoms with E-state index in [2.05, 4.69) is 0 Å². The van der Waals surface area contributed by atoms with Gasteiger partial charge in [0.05, 0.1) is 7.11 Å². The Morgan fingerprint density at radius 1 is 1.45 bits per heavy atom. The summed E-state index contributed by atoms with van der Waals surface area (Å²) in [6.07, 6.45) is 4.97. The number of ether oxygens (including phenoxy) is 2. The molecule has 61 valence electrons. The second-order valence-electron chi connectivity index (χ2n) is 2.16. The van der Waals surface area contributed by atoms with Gasteiger partial charge in [0, 0.05) is 7.11 Å². The molecule has 1 N–H and O–H groups in total. The van der Waals surface area contributed by atoms with E-state index < -0.39 is 0 Å². The quantitative estimate of drug-likeness (QED) is 0.646. The minimum absolute atomic E-state index is 0.123. The Morgan fingerprint density at radius 3 is 2.73 bits per heavy atom. The van der Waals surface area contributed by atoms with Crippen LogP contribution in [0.1, 0.15) is 0 Å². The average Bonchev–Trinajstić information content (AvgIpc) is 2.05. The molecule has 0 fully saturated rings. The highest BCUT2D eigenvalue weighted by molar-refractivity contribution is 5.29. The van der Waals surface area contributed by atoms with Crippen LogP contribution >= 0.6 is 0 Å². The Hall–Kier alpha value is -0.800. The van der Waals surface area contributed by atoms with Gasteiger partial charge in [0.2, 0.25) is 0 Å². The Bertz CT molecular complexity index is 184. The third kappa shape index (κ3) is 1.61. The predicted octanol–water partition coefficient (Wildman–Crippen LogP) is 1.01. The van der Waals surface area contributed by atoms with Gasteiger partial charge in [-0.25, -0.2) is 0 Å². The summed E-state index contributed by atoms with van der Waals surface area (Å²) in [5, 5.41) is 9.38. The van der Waals surface area contributed by atoms with Gasteiger partial charge in [-0.1, -0.05) is 12.2 Å². The zero-order valence-corrected chi connectivity index (χ0v) is 6.57. The number of allylic oxidation sites excluding steroid dienone is 2. The van der Waals surface area contributed by atoms with Crippen molar-refractivity contribution in [1.82, 2.24) is 0 Å². The van der Waals surface area contributed by atoms with E-state index in [9.17, 15) is 5.11 Å². The molecule has 1 rings (SSSR count). The molecule has 0 aromatic heterocycles. The van der Waals surface area contributed by atoms with E-state index in [0.29, 0.717) is 5.76 Å². The van der Waals surface area contributed by atoms with Crippen molar-refractivity contribution in [3.8, 4) is 0 Å². The summed E-state index contributed by atoms with van der Waals surface area (Å²) in [6.45, 7) is 0. The lowest BCUT2D eigenvalue weighted by Gasteiger charge is -2.21. The number of hydrogen-bond donors (Lipinski definition) is 1. The van der Waals surface area contributed by atoms with Crippen molar-refractivity contribution in [2.45, 2.75) is 6.10 Å². The summed E-state index contributed by atoms with van der Waals surface area (Å²) in [6, 6.07) is 0. The van der Waals surface area contributed by atoms with Gasteiger partial charge in [0.15, 0.2) is 6.10 Å². The van der Waals surface area contributed by atoms with E-state index in [4.69, 9.17) is 9.47 Å². The third-order valence-electron chi connectivity index (χ3n) is 1.53. The molecule has 0 aliphatic heterocycles. The summed E-state index contributed by atoms with van der Waals surface area (Å²) in [5.74, 6) is 0.458. The van der Waals surface area contributed by atoms with Gasteiger partial charge in [-0.2, -0.15) is 0 Å². The summed E-state index contributed by atoms with van der Waals surface area (Å²) in [5.41, 5.74) is 0. The lowest BCUT2D eigenvalue weighted by Crippen LogP contribution is -2.22. The van der Waals surface area contributed by atoms with E-state index in [0.717, 1.165) is 0 Å². The van der Waals surface area contributed by atoms with Gasteiger partial charge in [-0.15, -0.1) is 0 Å². The molecule has 0 heterocycles. The van der Waals surface area contributed by atoms with E-state index in [-0.39, 0.29) is 12.2 Å². The molecule has 3 heteroatoms. The SMILES string of the molecule is COC1=CC=CC(OC)[C]1O. The second-order valence-corrected chi connectivity index (χ2v) is 2.16. The largest absolute Gasteiger partial charge is 0.498 e. The molecule has 0 bridgehead atoms. The van der Waals surface area contributed by atoms with E-state index >= 15 is 0 Å². The first-order valence-electron chi connectivity index (χ1n) is 3.31. The van der Waals surface area contributed by atoms with Crippen molar-refractivity contribution < 1.29 is 14.6 Å². The molecule has 0 amide bonds. The Labute approximate surface area is 65.9 Å². The summed E-state index contributed by atoms with van der Waals surface area (Å²) < 4.78 is 9.82. The highest BCUT2D eigenvalue weighted by Crippen LogP contribution is 2.22. The summed E-state index contributed by atoms with van der Waals surface area (Å²) >= 11 is 0. The smallest absolute Gasteiger partial charge is 0.190 e. The summed E-state index contributed by atoms with van der Waals surface area (Å²) in [7, 11) is 3.04. The zero-order chi connectivity index (χ0) is 8.27. The highest BCUT2D eigenvalue weighted by atomic mass is 16.5. The third-order valence-corrected chi connectivity index (χ3v) is 1.53. The van der Waals surface area contributed by atoms with Crippen molar-refractivity contribution in [1.29, 1.82) is 0 Å². The minimum Gasteiger partial charge on any atom is -0.498 e. The van der Waals surface area contributed by atoms with E-state index in [1.165, 1.54) is 14.2 Å². The Morgan fingerprint density at radius 2 is 2.18 bits per heavy atom. The fourth-order valence-corrected chi connectivity index (χ4v) is 0.923. The van der Waals surface area contributed by atoms with Crippen molar-refractivity contribution in [3.63, 3.8) is 0 Å². The van der Waals surface area contributed by atoms with Crippen LogP contribution in [0, 0.1) is 6.10 Å².